The summed E-state index contributed by atoms with van der Waals surface area (Å²) in [7, 11) is -3.47. The SMILES string of the molecule is Cc1ccc(C(=O)N(Cc2ccc(C(=O)NC3CC3)cc2)Cc2ccco2)cc1S(C)(=O)=O. The second-order valence-corrected chi connectivity index (χ2v) is 10.4. The minimum absolute atomic E-state index is 0.0967. The number of furan rings is 1. The fraction of sp³-hybridized carbons (Fsp3) is 0.280. The average Bonchev–Trinajstić information content (AvgIpc) is 3.44. The standard InChI is InChI=1S/C25H26N2O5S/c1-17-5-8-20(14-23(17)33(2,30)31)25(29)27(16-22-4-3-13-32-22)15-18-6-9-19(10-7-18)24(28)26-21-11-12-21/h3-10,13-14,21H,11-12,15-16H2,1-2H3,(H,26,28). The van der Waals surface area contributed by atoms with Gasteiger partial charge in [-0.15, -0.1) is 0 Å². The van der Waals surface area contributed by atoms with Crippen molar-refractivity contribution in [2.45, 2.75) is 43.8 Å². The summed E-state index contributed by atoms with van der Waals surface area (Å²) in [4.78, 5) is 27.4. The van der Waals surface area contributed by atoms with E-state index in [1.807, 2.05) is 12.1 Å². The molecule has 1 aliphatic carbocycles. The minimum atomic E-state index is -3.47. The quantitative estimate of drug-likeness (QED) is 0.546. The van der Waals surface area contributed by atoms with Crippen molar-refractivity contribution in [3.63, 3.8) is 0 Å². The van der Waals surface area contributed by atoms with Crippen molar-refractivity contribution >= 4 is 21.7 Å². The van der Waals surface area contributed by atoms with Crippen LogP contribution in [0.1, 0.15) is 50.4 Å². The number of carbonyl (C=O) groups is 2. The van der Waals surface area contributed by atoms with E-state index in [-0.39, 0.29) is 41.4 Å². The van der Waals surface area contributed by atoms with Gasteiger partial charge in [-0.2, -0.15) is 0 Å². The molecular weight excluding hydrogens is 440 g/mol. The van der Waals surface area contributed by atoms with Crippen molar-refractivity contribution in [3.8, 4) is 0 Å². The highest BCUT2D eigenvalue weighted by molar-refractivity contribution is 7.90. The van der Waals surface area contributed by atoms with Crippen molar-refractivity contribution in [3.05, 3.63) is 88.9 Å². The molecule has 0 bridgehead atoms. The highest BCUT2D eigenvalue weighted by Crippen LogP contribution is 2.22. The Kier molecular flexibility index (Phi) is 6.37. The fourth-order valence-electron chi connectivity index (χ4n) is 3.58. The molecule has 3 aromatic rings. The second kappa shape index (κ2) is 9.23. The van der Waals surface area contributed by atoms with E-state index in [1.54, 1.807) is 54.5 Å². The van der Waals surface area contributed by atoms with Crippen LogP contribution in [0.15, 0.2) is 70.2 Å². The molecule has 172 valence electrons. The zero-order chi connectivity index (χ0) is 23.6. The summed E-state index contributed by atoms with van der Waals surface area (Å²) in [6.45, 7) is 2.19. The molecule has 0 saturated heterocycles. The normalized spacial score (nSPS) is 13.5. The van der Waals surface area contributed by atoms with Crippen LogP contribution in [0.25, 0.3) is 0 Å². The van der Waals surface area contributed by atoms with E-state index in [1.165, 1.54) is 6.07 Å². The van der Waals surface area contributed by atoms with E-state index in [4.69, 9.17) is 4.42 Å². The molecule has 1 heterocycles. The van der Waals surface area contributed by atoms with Crippen molar-refractivity contribution in [1.82, 2.24) is 10.2 Å². The molecule has 2 aromatic carbocycles. The van der Waals surface area contributed by atoms with Gasteiger partial charge in [0.25, 0.3) is 11.8 Å². The van der Waals surface area contributed by atoms with Gasteiger partial charge in [-0.3, -0.25) is 9.59 Å². The molecular formula is C25H26N2O5S. The Morgan fingerprint density at radius 1 is 1.03 bits per heavy atom. The Hall–Kier alpha value is -3.39. The van der Waals surface area contributed by atoms with Gasteiger partial charge in [0.1, 0.15) is 5.76 Å². The van der Waals surface area contributed by atoms with Gasteiger partial charge in [0.2, 0.25) is 0 Å². The van der Waals surface area contributed by atoms with Gasteiger partial charge >= 0.3 is 0 Å². The number of aryl methyl sites for hydroxylation is 1. The lowest BCUT2D eigenvalue weighted by Crippen LogP contribution is -2.30. The lowest BCUT2D eigenvalue weighted by Gasteiger charge is -2.22. The maximum Gasteiger partial charge on any atom is 0.254 e. The molecule has 4 rings (SSSR count). The first-order valence-corrected chi connectivity index (χ1v) is 12.6. The van der Waals surface area contributed by atoms with Gasteiger partial charge in [0.05, 0.1) is 17.7 Å². The molecule has 8 heteroatoms. The number of carbonyl (C=O) groups excluding carboxylic acids is 2. The molecule has 1 N–H and O–H groups in total. The zero-order valence-electron chi connectivity index (χ0n) is 18.6. The topological polar surface area (TPSA) is 96.7 Å². The number of hydrogen-bond donors (Lipinski definition) is 1. The second-order valence-electron chi connectivity index (χ2n) is 8.44. The Morgan fingerprint density at radius 2 is 1.73 bits per heavy atom. The zero-order valence-corrected chi connectivity index (χ0v) is 19.4. The maximum absolute atomic E-state index is 13.4. The minimum Gasteiger partial charge on any atom is -0.467 e. The Bertz CT molecular complexity index is 1260. The highest BCUT2D eigenvalue weighted by Gasteiger charge is 2.24. The van der Waals surface area contributed by atoms with Gasteiger partial charge in [-0.25, -0.2) is 8.42 Å². The fourth-order valence-corrected chi connectivity index (χ4v) is 4.58. The smallest absolute Gasteiger partial charge is 0.254 e. The molecule has 1 aromatic heterocycles. The Labute approximate surface area is 193 Å². The molecule has 0 spiro atoms. The molecule has 0 radical (unpaired) electrons. The summed E-state index contributed by atoms with van der Waals surface area (Å²) < 4.78 is 29.7. The van der Waals surface area contributed by atoms with Crippen molar-refractivity contribution in [2.75, 3.05) is 6.26 Å². The lowest BCUT2D eigenvalue weighted by molar-refractivity contribution is 0.0717. The molecule has 0 atom stereocenters. The van der Waals surface area contributed by atoms with Crippen molar-refractivity contribution in [1.29, 1.82) is 0 Å². The van der Waals surface area contributed by atoms with E-state index >= 15 is 0 Å². The van der Waals surface area contributed by atoms with Crippen LogP contribution in [0.4, 0.5) is 0 Å². The van der Waals surface area contributed by atoms with Crippen LogP contribution in [0.2, 0.25) is 0 Å². The average molecular weight is 467 g/mol. The number of nitrogens with one attached hydrogen (secondary N) is 1. The first-order valence-electron chi connectivity index (χ1n) is 10.7. The summed E-state index contributed by atoms with van der Waals surface area (Å²) >= 11 is 0. The van der Waals surface area contributed by atoms with Crippen LogP contribution in [0, 0.1) is 6.92 Å². The Balaban J connectivity index is 1.57. The molecule has 1 fully saturated rings. The molecule has 0 unspecified atom stereocenters. The third-order valence-electron chi connectivity index (χ3n) is 5.55. The highest BCUT2D eigenvalue weighted by atomic mass is 32.2. The number of nitrogens with zero attached hydrogens (tertiary/aromatic N) is 1. The predicted octanol–water partition coefficient (Wildman–Crippen LogP) is 3.73. The van der Waals surface area contributed by atoms with E-state index in [9.17, 15) is 18.0 Å². The predicted molar refractivity (Wildman–Crippen MR) is 124 cm³/mol. The lowest BCUT2D eigenvalue weighted by atomic mass is 10.1. The van der Waals surface area contributed by atoms with Crippen molar-refractivity contribution in [2.24, 2.45) is 0 Å². The largest absolute Gasteiger partial charge is 0.467 e. The van der Waals surface area contributed by atoms with Crippen LogP contribution < -0.4 is 5.32 Å². The van der Waals surface area contributed by atoms with Crippen LogP contribution in [0.5, 0.6) is 0 Å². The number of rotatable bonds is 8. The molecule has 2 amide bonds. The molecule has 7 nitrogen and oxygen atoms in total. The van der Waals surface area contributed by atoms with E-state index in [0.717, 1.165) is 24.7 Å². The molecule has 1 aliphatic rings. The first-order chi connectivity index (χ1) is 15.7. The Morgan fingerprint density at radius 3 is 2.33 bits per heavy atom. The van der Waals surface area contributed by atoms with Gasteiger partial charge in [-0.1, -0.05) is 18.2 Å². The summed E-state index contributed by atoms with van der Waals surface area (Å²) in [5.74, 6) is 0.201. The number of sulfone groups is 1. The number of amides is 2. The number of hydrogen-bond acceptors (Lipinski definition) is 5. The van der Waals surface area contributed by atoms with Gasteiger partial charge in [0.15, 0.2) is 9.84 Å². The van der Waals surface area contributed by atoms with Crippen LogP contribution >= 0.6 is 0 Å². The van der Waals surface area contributed by atoms with Crippen LogP contribution in [-0.2, 0) is 22.9 Å². The van der Waals surface area contributed by atoms with E-state index in [0.29, 0.717) is 16.9 Å². The maximum atomic E-state index is 13.4. The van der Waals surface area contributed by atoms with Crippen LogP contribution in [-0.4, -0.2) is 37.4 Å². The third-order valence-corrected chi connectivity index (χ3v) is 6.79. The summed E-state index contributed by atoms with van der Waals surface area (Å²) in [6, 6.07) is 15.6. The van der Waals surface area contributed by atoms with Crippen LogP contribution in [0.3, 0.4) is 0 Å². The molecule has 1 saturated carbocycles. The van der Waals surface area contributed by atoms with Gasteiger partial charge < -0.3 is 14.6 Å². The first kappa shape index (κ1) is 22.8. The van der Waals surface area contributed by atoms with E-state index < -0.39 is 9.84 Å². The summed E-state index contributed by atoms with van der Waals surface area (Å²) in [6.07, 6.45) is 4.71. The van der Waals surface area contributed by atoms with Crippen molar-refractivity contribution < 1.29 is 22.4 Å². The van der Waals surface area contributed by atoms with Gasteiger partial charge in [0, 0.05) is 30.0 Å². The monoisotopic (exact) mass is 466 g/mol. The summed E-state index contributed by atoms with van der Waals surface area (Å²) in [5, 5.41) is 2.96. The van der Waals surface area contributed by atoms with Gasteiger partial charge in [-0.05, 0) is 67.3 Å². The third kappa shape index (κ3) is 5.70. The summed E-state index contributed by atoms with van der Waals surface area (Å²) in [5.41, 5.74) is 2.29. The van der Waals surface area contributed by atoms with E-state index in [2.05, 4.69) is 5.32 Å². The molecule has 0 aliphatic heterocycles. The number of benzene rings is 2. The molecule has 33 heavy (non-hydrogen) atoms.